The van der Waals surface area contributed by atoms with E-state index in [1.807, 2.05) is 0 Å². The zero-order valence-electron chi connectivity index (χ0n) is 14.7. The number of rotatable bonds is 6. The summed E-state index contributed by atoms with van der Waals surface area (Å²) in [6.07, 6.45) is 12.7. The van der Waals surface area contributed by atoms with Gasteiger partial charge >= 0.3 is 0 Å². The summed E-state index contributed by atoms with van der Waals surface area (Å²) in [5, 5.41) is 3.85. The van der Waals surface area contributed by atoms with Crippen LogP contribution >= 0.6 is 0 Å². The van der Waals surface area contributed by atoms with Crippen molar-refractivity contribution in [2.75, 3.05) is 19.6 Å². The van der Waals surface area contributed by atoms with Gasteiger partial charge in [0.25, 0.3) is 0 Å². The van der Waals surface area contributed by atoms with Crippen LogP contribution < -0.4 is 5.32 Å². The van der Waals surface area contributed by atoms with Crippen LogP contribution in [0.2, 0.25) is 0 Å². The quantitative estimate of drug-likeness (QED) is 0.575. The fraction of sp³-hybridized carbons (Fsp3) is 1.00. The van der Waals surface area contributed by atoms with E-state index >= 15 is 0 Å². The molecule has 1 aliphatic heterocycles. The van der Waals surface area contributed by atoms with Gasteiger partial charge in [0.1, 0.15) is 0 Å². The normalized spacial score (nSPS) is 32.3. The molecule has 3 unspecified atom stereocenters. The highest BCUT2D eigenvalue weighted by atomic mass is 15.2. The van der Waals surface area contributed by atoms with Crippen LogP contribution in [0.25, 0.3) is 0 Å². The molecule has 0 aromatic rings. The molecule has 1 saturated heterocycles. The SMILES string of the molecule is CC(C)C1CCCC(NCCCN2CCCCC2C)CC1. The first-order chi connectivity index (χ1) is 10.2. The molecule has 1 N–H and O–H groups in total. The standard InChI is InChI=1S/C19H38N2/c1-16(2)18-9-6-10-19(12-11-18)20-13-7-15-21-14-5-4-8-17(21)3/h16-20H,4-15H2,1-3H3. The Balaban J connectivity index is 1.58. The second kappa shape index (κ2) is 9.15. The summed E-state index contributed by atoms with van der Waals surface area (Å²) in [6, 6.07) is 1.62. The average Bonchev–Trinajstić information content (AvgIpc) is 2.71. The lowest BCUT2D eigenvalue weighted by atomic mass is 9.89. The van der Waals surface area contributed by atoms with Gasteiger partial charge in [-0.25, -0.2) is 0 Å². The molecule has 1 aliphatic carbocycles. The molecular weight excluding hydrogens is 256 g/mol. The van der Waals surface area contributed by atoms with Gasteiger partial charge in [0.05, 0.1) is 0 Å². The van der Waals surface area contributed by atoms with Crippen molar-refractivity contribution in [1.29, 1.82) is 0 Å². The van der Waals surface area contributed by atoms with Gasteiger partial charge in [-0.3, -0.25) is 0 Å². The summed E-state index contributed by atoms with van der Waals surface area (Å²) < 4.78 is 0. The number of hydrogen-bond donors (Lipinski definition) is 1. The maximum absolute atomic E-state index is 3.85. The molecule has 124 valence electrons. The van der Waals surface area contributed by atoms with Crippen LogP contribution in [0.3, 0.4) is 0 Å². The molecule has 21 heavy (non-hydrogen) atoms. The fourth-order valence-electron chi connectivity index (χ4n) is 4.28. The van der Waals surface area contributed by atoms with Crippen molar-refractivity contribution in [1.82, 2.24) is 10.2 Å². The van der Waals surface area contributed by atoms with Crippen molar-refractivity contribution in [3.8, 4) is 0 Å². The number of nitrogens with zero attached hydrogens (tertiary/aromatic N) is 1. The monoisotopic (exact) mass is 294 g/mol. The van der Waals surface area contributed by atoms with Gasteiger partial charge < -0.3 is 10.2 Å². The van der Waals surface area contributed by atoms with E-state index in [2.05, 4.69) is 31.0 Å². The molecule has 1 saturated carbocycles. The van der Waals surface area contributed by atoms with E-state index < -0.39 is 0 Å². The largest absolute Gasteiger partial charge is 0.314 e. The summed E-state index contributed by atoms with van der Waals surface area (Å²) in [4.78, 5) is 2.70. The van der Waals surface area contributed by atoms with Crippen LogP contribution in [-0.2, 0) is 0 Å². The second-order valence-electron chi connectivity index (χ2n) is 7.90. The minimum atomic E-state index is 0.799. The molecule has 2 fully saturated rings. The third kappa shape index (κ3) is 5.90. The third-order valence-electron chi connectivity index (χ3n) is 5.95. The summed E-state index contributed by atoms with van der Waals surface area (Å²) in [7, 11) is 0. The molecule has 2 nitrogen and oxygen atoms in total. The van der Waals surface area contributed by atoms with Crippen LogP contribution in [-0.4, -0.2) is 36.6 Å². The molecule has 0 aromatic heterocycles. The molecule has 0 radical (unpaired) electrons. The van der Waals surface area contributed by atoms with E-state index in [-0.39, 0.29) is 0 Å². The number of nitrogens with one attached hydrogen (secondary N) is 1. The van der Waals surface area contributed by atoms with Gasteiger partial charge in [0.2, 0.25) is 0 Å². The average molecular weight is 295 g/mol. The minimum Gasteiger partial charge on any atom is -0.314 e. The van der Waals surface area contributed by atoms with E-state index in [0.717, 1.165) is 23.9 Å². The Morgan fingerprint density at radius 1 is 1.00 bits per heavy atom. The minimum absolute atomic E-state index is 0.799. The van der Waals surface area contributed by atoms with E-state index in [0.29, 0.717) is 0 Å². The Morgan fingerprint density at radius 2 is 1.86 bits per heavy atom. The first kappa shape index (κ1) is 17.3. The second-order valence-corrected chi connectivity index (χ2v) is 7.90. The van der Waals surface area contributed by atoms with E-state index in [4.69, 9.17) is 0 Å². The van der Waals surface area contributed by atoms with E-state index in [1.165, 1.54) is 77.4 Å². The molecule has 2 heteroatoms. The highest BCUT2D eigenvalue weighted by Gasteiger charge is 2.21. The number of hydrogen-bond acceptors (Lipinski definition) is 2. The molecule has 0 bridgehead atoms. The van der Waals surface area contributed by atoms with Crippen LogP contribution in [0.1, 0.15) is 78.6 Å². The fourth-order valence-corrected chi connectivity index (χ4v) is 4.28. The summed E-state index contributed by atoms with van der Waals surface area (Å²) in [5.41, 5.74) is 0. The molecule has 0 amide bonds. The van der Waals surface area contributed by atoms with Crippen molar-refractivity contribution in [3.63, 3.8) is 0 Å². The highest BCUT2D eigenvalue weighted by Crippen LogP contribution is 2.28. The van der Waals surface area contributed by atoms with Gasteiger partial charge in [-0.2, -0.15) is 0 Å². The molecule has 3 atom stereocenters. The van der Waals surface area contributed by atoms with Crippen molar-refractivity contribution < 1.29 is 0 Å². The molecule has 2 aliphatic rings. The van der Waals surface area contributed by atoms with Gasteiger partial charge in [-0.15, -0.1) is 0 Å². The van der Waals surface area contributed by atoms with Crippen molar-refractivity contribution in [2.45, 2.75) is 90.6 Å². The number of likely N-dealkylation sites (tertiary alicyclic amines) is 1. The Bertz CT molecular complexity index is 277. The van der Waals surface area contributed by atoms with Crippen molar-refractivity contribution in [3.05, 3.63) is 0 Å². The van der Waals surface area contributed by atoms with Crippen molar-refractivity contribution >= 4 is 0 Å². The molecular formula is C19H38N2. The van der Waals surface area contributed by atoms with E-state index in [1.54, 1.807) is 0 Å². The predicted molar refractivity (Wildman–Crippen MR) is 92.7 cm³/mol. The lowest BCUT2D eigenvalue weighted by molar-refractivity contribution is 0.158. The molecule has 1 heterocycles. The molecule has 0 spiro atoms. The highest BCUT2D eigenvalue weighted by molar-refractivity contribution is 4.77. The zero-order chi connectivity index (χ0) is 15.1. The number of piperidine rings is 1. The molecule has 0 aromatic carbocycles. The Labute approximate surface area is 133 Å². The maximum atomic E-state index is 3.85. The first-order valence-corrected chi connectivity index (χ1v) is 9.64. The van der Waals surface area contributed by atoms with Crippen LogP contribution in [0.5, 0.6) is 0 Å². The Kier molecular flexibility index (Phi) is 7.53. The van der Waals surface area contributed by atoms with Crippen LogP contribution in [0.4, 0.5) is 0 Å². The van der Waals surface area contributed by atoms with Gasteiger partial charge in [-0.1, -0.05) is 33.1 Å². The third-order valence-corrected chi connectivity index (χ3v) is 5.95. The lowest BCUT2D eigenvalue weighted by Crippen LogP contribution is -2.39. The predicted octanol–water partition coefficient (Wildman–Crippen LogP) is 4.45. The lowest BCUT2D eigenvalue weighted by Gasteiger charge is -2.33. The Hall–Kier alpha value is -0.0800. The summed E-state index contributed by atoms with van der Waals surface area (Å²) >= 11 is 0. The first-order valence-electron chi connectivity index (χ1n) is 9.64. The van der Waals surface area contributed by atoms with Crippen LogP contribution in [0, 0.1) is 11.8 Å². The van der Waals surface area contributed by atoms with Gasteiger partial charge in [0, 0.05) is 12.1 Å². The van der Waals surface area contributed by atoms with Gasteiger partial charge in [-0.05, 0) is 76.9 Å². The summed E-state index contributed by atoms with van der Waals surface area (Å²) in [5.74, 6) is 1.86. The Morgan fingerprint density at radius 3 is 2.62 bits per heavy atom. The maximum Gasteiger partial charge on any atom is 0.00671 e. The topological polar surface area (TPSA) is 15.3 Å². The summed E-state index contributed by atoms with van der Waals surface area (Å²) in [6.45, 7) is 11.1. The zero-order valence-corrected chi connectivity index (χ0v) is 14.7. The smallest absolute Gasteiger partial charge is 0.00671 e. The van der Waals surface area contributed by atoms with E-state index in [9.17, 15) is 0 Å². The van der Waals surface area contributed by atoms with Crippen LogP contribution in [0.15, 0.2) is 0 Å². The van der Waals surface area contributed by atoms with Gasteiger partial charge in [0.15, 0.2) is 0 Å². The molecule has 2 rings (SSSR count). The van der Waals surface area contributed by atoms with Crippen molar-refractivity contribution in [2.24, 2.45) is 11.8 Å².